The molecule has 0 aromatic rings. The van der Waals surface area contributed by atoms with Crippen molar-refractivity contribution >= 4 is 0 Å². The number of rotatable bonds is 2. The Balaban J connectivity index is 0.000000396. The Hall–Kier alpha value is -0.0400. The van der Waals surface area contributed by atoms with Gasteiger partial charge in [-0.05, 0) is 23.7 Å². The second-order valence-corrected chi connectivity index (χ2v) is 4.66. The van der Waals surface area contributed by atoms with E-state index in [4.69, 9.17) is 0 Å². The van der Waals surface area contributed by atoms with Crippen LogP contribution in [0.15, 0.2) is 0 Å². The molecule has 0 aromatic carbocycles. The molecular weight excluding hydrogens is 158 g/mol. The zero-order valence-electron chi connectivity index (χ0n) is 9.74. The van der Waals surface area contributed by atoms with Gasteiger partial charge in [-0.2, -0.15) is 0 Å². The molecule has 0 radical (unpaired) electrons. The SMILES string of the molecule is CC.CCC1(CC)CC2(CNC2)C1. The number of hydrogen-bond acceptors (Lipinski definition) is 1. The van der Waals surface area contributed by atoms with Gasteiger partial charge in [0.25, 0.3) is 0 Å². The maximum atomic E-state index is 3.39. The maximum Gasteiger partial charge on any atom is 0.00206 e. The Morgan fingerprint density at radius 2 is 1.46 bits per heavy atom. The van der Waals surface area contributed by atoms with E-state index in [1.54, 1.807) is 0 Å². The smallest absolute Gasteiger partial charge is 0.00206 e. The summed E-state index contributed by atoms with van der Waals surface area (Å²) in [6, 6.07) is 0. The van der Waals surface area contributed by atoms with Crippen molar-refractivity contribution in [3.8, 4) is 0 Å². The average Bonchev–Trinajstić information content (AvgIpc) is 2.06. The van der Waals surface area contributed by atoms with Crippen molar-refractivity contribution in [2.45, 2.75) is 53.4 Å². The normalized spacial score (nSPS) is 26.8. The van der Waals surface area contributed by atoms with E-state index in [1.807, 2.05) is 13.8 Å². The van der Waals surface area contributed by atoms with Crippen LogP contribution in [0.5, 0.6) is 0 Å². The third kappa shape index (κ3) is 1.76. The van der Waals surface area contributed by atoms with Gasteiger partial charge in [-0.25, -0.2) is 0 Å². The molecule has 0 amide bonds. The summed E-state index contributed by atoms with van der Waals surface area (Å²) in [5.74, 6) is 0. The molecule has 0 unspecified atom stereocenters. The Labute approximate surface area is 83.3 Å². The first kappa shape index (κ1) is 11.0. The summed E-state index contributed by atoms with van der Waals surface area (Å²) in [6.45, 7) is 11.3. The summed E-state index contributed by atoms with van der Waals surface area (Å²) < 4.78 is 0. The van der Waals surface area contributed by atoms with Crippen molar-refractivity contribution in [1.29, 1.82) is 0 Å². The van der Waals surface area contributed by atoms with Gasteiger partial charge in [0.1, 0.15) is 0 Å². The second-order valence-electron chi connectivity index (χ2n) is 4.66. The Bertz CT molecular complexity index is 145. The van der Waals surface area contributed by atoms with Crippen molar-refractivity contribution in [3.63, 3.8) is 0 Å². The third-order valence-corrected chi connectivity index (χ3v) is 4.00. The van der Waals surface area contributed by atoms with Crippen LogP contribution in [0.1, 0.15) is 53.4 Å². The number of nitrogens with one attached hydrogen (secondary N) is 1. The van der Waals surface area contributed by atoms with E-state index in [1.165, 1.54) is 38.8 Å². The van der Waals surface area contributed by atoms with Crippen LogP contribution in [0, 0.1) is 10.8 Å². The van der Waals surface area contributed by atoms with Gasteiger partial charge >= 0.3 is 0 Å². The second kappa shape index (κ2) is 4.00. The summed E-state index contributed by atoms with van der Waals surface area (Å²) in [7, 11) is 0. The summed E-state index contributed by atoms with van der Waals surface area (Å²) in [6.07, 6.45) is 5.79. The molecule has 0 aromatic heterocycles. The van der Waals surface area contributed by atoms with E-state index < -0.39 is 0 Å². The molecule has 0 atom stereocenters. The molecule has 2 rings (SSSR count). The largest absolute Gasteiger partial charge is 0.316 e. The predicted octanol–water partition coefficient (Wildman–Crippen LogP) is 3.20. The molecule has 0 bridgehead atoms. The standard InChI is InChI=1S/C10H19N.C2H6/c1-3-9(4-2)5-10(6-9)7-11-8-10;1-2/h11H,3-8H2,1-2H3;1-2H3. The third-order valence-electron chi connectivity index (χ3n) is 4.00. The summed E-state index contributed by atoms with van der Waals surface area (Å²) >= 11 is 0. The minimum atomic E-state index is 0.752. The van der Waals surface area contributed by atoms with Crippen molar-refractivity contribution in [2.24, 2.45) is 10.8 Å². The molecule has 1 aliphatic heterocycles. The summed E-state index contributed by atoms with van der Waals surface area (Å²) in [5.41, 5.74) is 1.52. The highest BCUT2D eigenvalue weighted by atomic mass is 15.0. The van der Waals surface area contributed by atoms with E-state index in [9.17, 15) is 0 Å². The van der Waals surface area contributed by atoms with Crippen LogP contribution in [-0.4, -0.2) is 13.1 Å². The first-order valence-corrected chi connectivity index (χ1v) is 5.95. The quantitative estimate of drug-likeness (QED) is 0.693. The fourth-order valence-corrected chi connectivity index (χ4v) is 3.02. The Morgan fingerprint density at radius 1 is 1.00 bits per heavy atom. The highest BCUT2D eigenvalue weighted by molar-refractivity contribution is 5.08. The first-order valence-electron chi connectivity index (χ1n) is 5.95. The van der Waals surface area contributed by atoms with Crippen LogP contribution in [0.4, 0.5) is 0 Å². The zero-order chi connectivity index (χ0) is 9.95. The lowest BCUT2D eigenvalue weighted by molar-refractivity contribution is -0.0816. The minimum absolute atomic E-state index is 0.752. The Kier molecular flexibility index (Phi) is 3.39. The molecule has 1 heterocycles. The van der Waals surface area contributed by atoms with Crippen molar-refractivity contribution in [3.05, 3.63) is 0 Å². The molecule has 1 saturated carbocycles. The van der Waals surface area contributed by atoms with E-state index in [-0.39, 0.29) is 0 Å². The van der Waals surface area contributed by atoms with Crippen LogP contribution in [0.2, 0.25) is 0 Å². The topological polar surface area (TPSA) is 12.0 Å². The fraction of sp³-hybridized carbons (Fsp3) is 1.00. The van der Waals surface area contributed by atoms with Gasteiger partial charge in [-0.1, -0.05) is 40.5 Å². The van der Waals surface area contributed by atoms with Crippen molar-refractivity contribution in [2.75, 3.05) is 13.1 Å². The highest BCUT2D eigenvalue weighted by Crippen LogP contribution is 2.59. The first-order chi connectivity index (χ1) is 6.24. The van der Waals surface area contributed by atoms with Crippen LogP contribution in [0.3, 0.4) is 0 Å². The van der Waals surface area contributed by atoms with Gasteiger partial charge in [0.15, 0.2) is 0 Å². The summed E-state index contributed by atoms with van der Waals surface area (Å²) in [5, 5.41) is 3.39. The molecule has 1 heteroatoms. The van der Waals surface area contributed by atoms with Crippen LogP contribution in [0.25, 0.3) is 0 Å². The lowest BCUT2D eigenvalue weighted by Crippen LogP contribution is -2.63. The van der Waals surface area contributed by atoms with Gasteiger partial charge < -0.3 is 5.32 Å². The van der Waals surface area contributed by atoms with Crippen LogP contribution in [-0.2, 0) is 0 Å². The van der Waals surface area contributed by atoms with E-state index >= 15 is 0 Å². The van der Waals surface area contributed by atoms with Gasteiger partial charge in [0, 0.05) is 13.1 Å². The van der Waals surface area contributed by atoms with Crippen LogP contribution < -0.4 is 5.32 Å². The lowest BCUT2D eigenvalue weighted by atomic mass is 9.48. The summed E-state index contributed by atoms with van der Waals surface area (Å²) in [4.78, 5) is 0. The van der Waals surface area contributed by atoms with Crippen molar-refractivity contribution in [1.82, 2.24) is 5.32 Å². The average molecular weight is 183 g/mol. The molecule has 1 N–H and O–H groups in total. The molecular formula is C12H25N. The molecule has 1 saturated heterocycles. The molecule has 1 aliphatic carbocycles. The van der Waals surface area contributed by atoms with E-state index in [2.05, 4.69) is 19.2 Å². The van der Waals surface area contributed by atoms with Gasteiger partial charge in [0.05, 0.1) is 0 Å². The van der Waals surface area contributed by atoms with Gasteiger partial charge in [-0.3, -0.25) is 0 Å². The molecule has 78 valence electrons. The van der Waals surface area contributed by atoms with Crippen LogP contribution >= 0.6 is 0 Å². The molecule has 1 spiro atoms. The van der Waals surface area contributed by atoms with Crippen molar-refractivity contribution < 1.29 is 0 Å². The minimum Gasteiger partial charge on any atom is -0.316 e. The zero-order valence-corrected chi connectivity index (χ0v) is 9.74. The highest BCUT2D eigenvalue weighted by Gasteiger charge is 2.54. The molecule has 1 nitrogen and oxygen atoms in total. The number of hydrogen-bond donors (Lipinski definition) is 1. The maximum absolute atomic E-state index is 3.39. The monoisotopic (exact) mass is 183 g/mol. The molecule has 2 aliphatic rings. The van der Waals surface area contributed by atoms with Gasteiger partial charge in [0.2, 0.25) is 0 Å². The molecule has 2 fully saturated rings. The predicted molar refractivity (Wildman–Crippen MR) is 58.9 cm³/mol. The van der Waals surface area contributed by atoms with Gasteiger partial charge in [-0.15, -0.1) is 0 Å². The fourth-order valence-electron chi connectivity index (χ4n) is 3.02. The molecule has 13 heavy (non-hydrogen) atoms. The Morgan fingerprint density at radius 3 is 1.69 bits per heavy atom. The van der Waals surface area contributed by atoms with E-state index in [0.717, 1.165) is 10.8 Å². The van der Waals surface area contributed by atoms with E-state index in [0.29, 0.717) is 0 Å². The lowest BCUT2D eigenvalue weighted by Gasteiger charge is -2.61.